The molecule has 5 nitrogen and oxygen atoms in total. The molecule has 19 heavy (non-hydrogen) atoms. The highest BCUT2D eigenvalue weighted by atomic mass is 32.1. The molecule has 1 N–H and O–H groups in total. The van der Waals surface area contributed by atoms with Gasteiger partial charge in [-0.3, -0.25) is 4.79 Å². The average Bonchev–Trinajstić information content (AvgIpc) is 2.91. The summed E-state index contributed by atoms with van der Waals surface area (Å²) in [6.45, 7) is 0.876. The molecular formula is C13H17NO4S. The van der Waals surface area contributed by atoms with Crippen molar-refractivity contribution < 1.29 is 19.4 Å². The summed E-state index contributed by atoms with van der Waals surface area (Å²) in [5.41, 5.74) is 0. The van der Waals surface area contributed by atoms with E-state index in [4.69, 9.17) is 9.84 Å². The minimum atomic E-state index is -0.994. The second-order valence-corrected chi connectivity index (χ2v) is 5.48. The fourth-order valence-corrected chi connectivity index (χ4v) is 2.87. The van der Waals surface area contributed by atoms with Crippen molar-refractivity contribution in [3.05, 3.63) is 22.4 Å². The van der Waals surface area contributed by atoms with E-state index in [0.717, 1.165) is 12.8 Å². The summed E-state index contributed by atoms with van der Waals surface area (Å²) in [6.07, 6.45) is 2.01. The normalized spacial score (nSPS) is 19.4. The van der Waals surface area contributed by atoms with Crippen molar-refractivity contribution >= 4 is 23.2 Å². The zero-order valence-electron chi connectivity index (χ0n) is 10.6. The number of hydrogen-bond acceptors (Lipinski definition) is 4. The topological polar surface area (TPSA) is 66.8 Å². The first-order chi connectivity index (χ1) is 9.18. The molecule has 1 aliphatic heterocycles. The van der Waals surface area contributed by atoms with Gasteiger partial charge in [-0.15, -0.1) is 11.3 Å². The summed E-state index contributed by atoms with van der Waals surface area (Å²) >= 11 is 1.68. The van der Waals surface area contributed by atoms with Crippen molar-refractivity contribution in [2.24, 2.45) is 0 Å². The molecule has 1 aromatic rings. The van der Waals surface area contributed by atoms with Crippen molar-refractivity contribution in [1.82, 2.24) is 4.90 Å². The number of ether oxygens (including phenoxy) is 1. The number of nitrogens with zero attached hydrogens (tertiary/aromatic N) is 1. The van der Waals surface area contributed by atoms with Crippen molar-refractivity contribution in [1.29, 1.82) is 0 Å². The van der Waals surface area contributed by atoms with Crippen molar-refractivity contribution in [2.75, 3.05) is 19.8 Å². The lowest BCUT2D eigenvalue weighted by Gasteiger charge is -2.32. The Bertz CT molecular complexity index is 432. The Labute approximate surface area is 115 Å². The third-order valence-corrected chi connectivity index (χ3v) is 4.06. The van der Waals surface area contributed by atoms with Gasteiger partial charge in [0.2, 0.25) is 5.91 Å². The molecule has 104 valence electrons. The molecule has 0 aromatic carbocycles. The molecule has 6 heteroatoms. The Balaban J connectivity index is 1.82. The van der Waals surface area contributed by atoms with Crippen molar-refractivity contribution in [3.63, 3.8) is 0 Å². The Morgan fingerprint density at radius 1 is 1.53 bits per heavy atom. The number of aliphatic carboxylic acids is 1. The van der Waals surface area contributed by atoms with Crippen LogP contribution in [0, 0.1) is 0 Å². The predicted molar refractivity (Wildman–Crippen MR) is 71.2 cm³/mol. The van der Waals surface area contributed by atoms with E-state index in [1.54, 1.807) is 11.3 Å². The van der Waals surface area contributed by atoms with E-state index < -0.39 is 12.0 Å². The molecule has 2 rings (SSSR count). The van der Waals surface area contributed by atoms with E-state index in [1.807, 2.05) is 17.5 Å². The Morgan fingerprint density at radius 3 is 3.05 bits per heavy atom. The zero-order chi connectivity index (χ0) is 13.7. The van der Waals surface area contributed by atoms with Crippen molar-refractivity contribution in [2.45, 2.75) is 25.3 Å². The van der Waals surface area contributed by atoms with E-state index in [-0.39, 0.29) is 12.5 Å². The number of carboxylic acids is 1. The lowest BCUT2D eigenvalue weighted by atomic mass is 10.1. The number of aryl methyl sites for hydroxylation is 1. The van der Waals surface area contributed by atoms with Crippen LogP contribution in [0.4, 0.5) is 0 Å². The first-order valence-electron chi connectivity index (χ1n) is 6.31. The van der Waals surface area contributed by atoms with Gasteiger partial charge in [0.1, 0.15) is 0 Å². The highest BCUT2D eigenvalue weighted by Crippen LogP contribution is 2.14. The summed E-state index contributed by atoms with van der Waals surface area (Å²) in [6, 6.07) is 3.21. The van der Waals surface area contributed by atoms with Crippen LogP contribution in [0.3, 0.4) is 0 Å². The van der Waals surface area contributed by atoms with Gasteiger partial charge in [0.25, 0.3) is 0 Å². The van der Waals surface area contributed by atoms with Crippen molar-refractivity contribution in [3.8, 4) is 0 Å². The van der Waals surface area contributed by atoms with Crippen LogP contribution in [0.15, 0.2) is 17.5 Å². The zero-order valence-corrected chi connectivity index (χ0v) is 11.4. The van der Waals surface area contributed by atoms with E-state index in [9.17, 15) is 9.59 Å². The number of morpholine rings is 1. The second kappa shape index (κ2) is 6.68. The van der Waals surface area contributed by atoms with Gasteiger partial charge in [0.05, 0.1) is 13.2 Å². The molecule has 0 aliphatic carbocycles. The van der Waals surface area contributed by atoms with Crippen LogP contribution < -0.4 is 0 Å². The number of amides is 1. The summed E-state index contributed by atoms with van der Waals surface area (Å²) < 4.78 is 5.11. The fourth-order valence-electron chi connectivity index (χ4n) is 2.12. The number of carboxylic acid groups (broad SMARTS) is 1. The van der Waals surface area contributed by atoms with Gasteiger partial charge in [-0.1, -0.05) is 6.07 Å². The van der Waals surface area contributed by atoms with E-state index in [0.29, 0.717) is 19.6 Å². The first kappa shape index (κ1) is 14.0. The second-order valence-electron chi connectivity index (χ2n) is 4.45. The third kappa shape index (κ3) is 3.78. The van der Waals surface area contributed by atoms with Crippen LogP contribution in [0.25, 0.3) is 0 Å². The molecule has 0 radical (unpaired) electrons. The molecule has 0 unspecified atom stereocenters. The summed E-state index contributed by atoms with van der Waals surface area (Å²) in [5.74, 6) is -1.08. The monoisotopic (exact) mass is 283 g/mol. The van der Waals surface area contributed by atoms with Gasteiger partial charge in [-0.2, -0.15) is 0 Å². The number of hydrogen-bond donors (Lipinski definition) is 1. The summed E-state index contributed by atoms with van der Waals surface area (Å²) in [7, 11) is 0. The average molecular weight is 283 g/mol. The molecule has 1 aromatic heterocycles. The van der Waals surface area contributed by atoms with Crippen LogP contribution in [0.1, 0.15) is 17.7 Å². The van der Waals surface area contributed by atoms with Crippen LogP contribution >= 0.6 is 11.3 Å². The standard InChI is InChI=1S/C13H17NO4S/c15-12(5-1-3-10-4-2-8-19-10)14-6-7-18-9-11(14)13(16)17/h2,4,8,11H,1,3,5-7,9H2,(H,16,17)/t11-/m1/s1. The molecule has 1 aliphatic rings. The number of rotatable bonds is 5. The summed E-state index contributed by atoms with van der Waals surface area (Å²) in [4.78, 5) is 25.8. The highest BCUT2D eigenvalue weighted by Gasteiger charge is 2.32. The van der Waals surface area contributed by atoms with Gasteiger partial charge in [-0.05, 0) is 24.3 Å². The Morgan fingerprint density at radius 2 is 2.37 bits per heavy atom. The van der Waals surface area contributed by atoms with Crippen LogP contribution in [-0.2, 0) is 20.7 Å². The van der Waals surface area contributed by atoms with Gasteiger partial charge < -0.3 is 14.7 Å². The molecule has 1 fully saturated rings. The minimum Gasteiger partial charge on any atom is -0.480 e. The predicted octanol–water partition coefficient (Wildman–Crippen LogP) is 1.38. The Kier molecular flexibility index (Phi) is 4.93. The van der Waals surface area contributed by atoms with E-state index in [2.05, 4.69) is 0 Å². The molecule has 0 saturated carbocycles. The van der Waals surface area contributed by atoms with Gasteiger partial charge in [-0.25, -0.2) is 4.79 Å². The minimum absolute atomic E-state index is 0.0893. The Hall–Kier alpha value is -1.40. The maximum atomic E-state index is 12.1. The fraction of sp³-hybridized carbons (Fsp3) is 0.538. The SMILES string of the molecule is O=C(O)[C@H]1COCCN1C(=O)CCCc1cccs1. The van der Waals surface area contributed by atoms with E-state index >= 15 is 0 Å². The van der Waals surface area contributed by atoms with Gasteiger partial charge >= 0.3 is 5.97 Å². The molecule has 0 bridgehead atoms. The largest absolute Gasteiger partial charge is 0.480 e. The third-order valence-electron chi connectivity index (χ3n) is 3.13. The smallest absolute Gasteiger partial charge is 0.328 e. The first-order valence-corrected chi connectivity index (χ1v) is 7.19. The lowest BCUT2D eigenvalue weighted by Crippen LogP contribution is -2.52. The van der Waals surface area contributed by atoms with Crippen LogP contribution in [-0.4, -0.2) is 47.7 Å². The summed E-state index contributed by atoms with van der Waals surface area (Å²) in [5, 5.41) is 11.1. The molecule has 1 amide bonds. The van der Waals surface area contributed by atoms with Crippen LogP contribution in [0.2, 0.25) is 0 Å². The number of carbonyl (C=O) groups is 2. The molecular weight excluding hydrogens is 266 g/mol. The highest BCUT2D eigenvalue weighted by molar-refractivity contribution is 7.09. The van der Waals surface area contributed by atoms with Crippen LogP contribution in [0.5, 0.6) is 0 Å². The van der Waals surface area contributed by atoms with Gasteiger partial charge in [0.15, 0.2) is 6.04 Å². The number of thiophene rings is 1. The van der Waals surface area contributed by atoms with Gasteiger partial charge in [0, 0.05) is 17.8 Å². The molecule has 2 heterocycles. The number of carbonyl (C=O) groups excluding carboxylic acids is 1. The van der Waals surface area contributed by atoms with E-state index in [1.165, 1.54) is 9.78 Å². The maximum absolute atomic E-state index is 12.1. The quantitative estimate of drug-likeness (QED) is 0.886. The maximum Gasteiger partial charge on any atom is 0.328 e. The molecule has 1 saturated heterocycles. The molecule has 1 atom stereocenters. The lowest BCUT2D eigenvalue weighted by molar-refractivity contribution is -0.158. The molecule has 0 spiro atoms.